The highest BCUT2D eigenvalue weighted by atomic mass is 16.8. The zero-order chi connectivity index (χ0) is 32.0. The van der Waals surface area contributed by atoms with Crippen LogP contribution in [-0.2, 0) is 33.2 Å². The lowest BCUT2D eigenvalue weighted by molar-refractivity contribution is -0.328. The molecule has 4 saturated heterocycles. The topological polar surface area (TPSA) is 336 Å². The highest BCUT2D eigenvalue weighted by Gasteiger charge is 2.55. The molecule has 0 spiro atoms. The summed E-state index contributed by atoms with van der Waals surface area (Å²) < 4.78 is 40.7. The Kier molecular flexibility index (Phi) is 11.1. The van der Waals surface area contributed by atoms with Gasteiger partial charge in [0.15, 0.2) is 18.9 Å². The Balaban J connectivity index is 1.30. The van der Waals surface area contributed by atoms with Crippen LogP contribution in [0.4, 0.5) is 0 Å². The summed E-state index contributed by atoms with van der Waals surface area (Å²) in [6.07, 6.45) is -19.6. The fourth-order valence-corrected chi connectivity index (χ4v) is 6.49. The predicted octanol–water partition coefficient (Wildman–Crippen LogP) is -8.07. The lowest BCUT2D eigenvalue weighted by Crippen LogP contribution is -2.69. The molecule has 0 aromatic carbocycles. The first kappa shape index (κ1) is 34.6. The van der Waals surface area contributed by atoms with Gasteiger partial charge in [-0.15, -0.1) is 0 Å². The number of hydrogen-bond donors (Lipinski definition) is 12. The average Bonchev–Trinajstić information content (AvgIpc) is 3.30. The Morgan fingerprint density at radius 2 is 1.23 bits per heavy atom. The second-order valence-electron chi connectivity index (χ2n) is 12.1. The molecule has 0 aromatic heterocycles. The summed E-state index contributed by atoms with van der Waals surface area (Å²) in [5.74, 6) is 0. The molecule has 4 heterocycles. The van der Waals surface area contributed by atoms with Gasteiger partial charge in [-0.1, -0.05) is 0 Å². The summed E-state index contributed by atoms with van der Waals surface area (Å²) >= 11 is 0. The van der Waals surface area contributed by atoms with Crippen LogP contribution in [0.3, 0.4) is 0 Å². The number of aliphatic hydroxyl groups excluding tert-OH is 7. The van der Waals surface area contributed by atoms with E-state index in [1.54, 1.807) is 0 Å². The molecule has 5 fully saturated rings. The van der Waals surface area contributed by atoms with Crippen molar-refractivity contribution in [2.45, 2.75) is 135 Å². The van der Waals surface area contributed by atoms with Crippen molar-refractivity contribution in [3.8, 4) is 0 Å². The molecular formula is C25H47N5O14. The monoisotopic (exact) mass is 641 g/mol. The van der Waals surface area contributed by atoms with Gasteiger partial charge in [-0.2, -0.15) is 0 Å². The lowest BCUT2D eigenvalue weighted by Gasteiger charge is -2.49. The van der Waals surface area contributed by atoms with E-state index >= 15 is 0 Å². The number of fused-ring (bicyclic) bond motifs is 1. The van der Waals surface area contributed by atoms with Crippen molar-refractivity contribution in [3.63, 3.8) is 0 Å². The van der Waals surface area contributed by atoms with E-state index in [0.717, 1.165) is 0 Å². The van der Waals surface area contributed by atoms with Crippen LogP contribution in [0.25, 0.3) is 0 Å². The lowest BCUT2D eigenvalue weighted by atomic mass is 9.84. The average molecular weight is 642 g/mol. The van der Waals surface area contributed by atoms with E-state index in [1.807, 2.05) is 0 Å². The summed E-state index contributed by atoms with van der Waals surface area (Å²) in [6, 6.07) is -4.08. The summed E-state index contributed by atoms with van der Waals surface area (Å²) in [5.41, 5.74) is 30.3. The van der Waals surface area contributed by atoms with Crippen LogP contribution in [0, 0.1) is 0 Å². The van der Waals surface area contributed by atoms with Gasteiger partial charge in [-0.25, -0.2) is 0 Å². The van der Waals surface area contributed by atoms with Gasteiger partial charge in [0.2, 0.25) is 0 Å². The molecular weight excluding hydrogens is 594 g/mol. The maximum Gasteiger partial charge on any atom is 0.187 e. The quantitative estimate of drug-likeness (QED) is 0.117. The van der Waals surface area contributed by atoms with E-state index in [4.69, 9.17) is 61.8 Å². The number of hydrogen-bond acceptors (Lipinski definition) is 19. The van der Waals surface area contributed by atoms with Crippen LogP contribution < -0.4 is 28.7 Å². The SMILES string of the molecule is NCC1O[C@H](O[C@@H]2[C@H](O)[C@H](OC3C(O)[C@H](N)CC(N)[C@H]3O[C@H]3OC4C(O)CCO[C@H]4C(O)C3N)O[C@@H]2CO)C(N)C(O)[C@@H]1O. The maximum absolute atomic E-state index is 11.2. The smallest absolute Gasteiger partial charge is 0.187 e. The normalized spacial score (nSPS) is 55.1. The van der Waals surface area contributed by atoms with Crippen molar-refractivity contribution >= 4 is 0 Å². The van der Waals surface area contributed by atoms with Crippen LogP contribution in [0.5, 0.6) is 0 Å². The zero-order valence-electron chi connectivity index (χ0n) is 24.0. The van der Waals surface area contributed by atoms with Crippen molar-refractivity contribution in [3.05, 3.63) is 0 Å². The molecule has 20 atom stereocenters. The van der Waals surface area contributed by atoms with Crippen LogP contribution in [0.15, 0.2) is 0 Å². The van der Waals surface area contributed by atoms with Crippen molar-refractivity contribution in [2.75, 3.05) is 19.8 Å². The Morgan fingerprint density at radius 3 is 1.91 bits per heavy atom. The molecule has 44 heavy (non-hydrogen) atoms. The highest BCUT2D eigenvalue weighted by Crippen LogP contribution is 2.35. The molecule has 256 valence electrons. The van der Waals surface area contributed by atoms with Crippen molar-refractivity contribution in [1.29, 1.82) is 0 Å². The Morgan fingerprint density at radius 1 is 0.614 bits per heavy atom. The molecule has 0 aromatic rings. The Hall–Kier alpha value is -0.760. The summed E-state index contributed by atoms with van der Waals surface area (Å²) in [4.78, 5) is 0. The minimum Gasteiger partial charge on any atom is -0.394 e. The summed E-state index contributed by atoms with van der Waals surface area (Å²) in [5, 5.41) is 73.9. The summed E-state index contributed by atoms with van der Waals surface area (Å²) in [7, 11) is 0. The van der Waals surface area contributed by atoms with Gasteiger partial charge in [-0.05, 0) is 12.8 Å². The number of ether oxygens (including phenoxy) is 7. The van der Waals surface area contributed by atoms with Gasteiger partial charge < -0.3 is 97.6 Å². The highest BCUT2D eigenvalue weighted by molar-refractivity contribution is 5.03. The number of nitrogens with two attached hydrogens (primary N) is 5. The summed E-state index contributed by atoms with van der Waals surface area (Å²) in [6.45, 7) is -0.590. The molecule has 0 radical (unpaired) electrons. The van der Waals surface area contributed by atoms with Gasteiger partial charge in [0.25, 0.3) is 0 Å². The largest absolute Gasteiger partial charge is 0.394 e. The molecule has 0 amide bonds. The van der Waals surface area contributed by atoms with E-state index in [2.05, 4.69) is 0 Å². The van der Waals surface area contributed by atoms with E-state index in [-0.39, 0.29) is 26.0 Å². The Labute approximate surface area is 253 Å². The van der Waals surface area contributed by atoms with Gasteiger partial charge in [0.1, 0.15) is 67.1 Å². The van der Waals surface area contributed by atoms with Gasteiger partial charge in [-0.3, -0.25) is 0 Å². The van der Waals surface area contributed by atoms with E-state index < -0.39 is 129 Å². The third kappa shape index (κ3) is 6.52. The Bertz CT molecular complexity index is 946. The second-order valence-corrected chi connectivity index (χ2v) is 12.1. The van der Waals surface area contributed by atoms with Crippen LogP contribution >= 0.6 is 0 Å². The molecule has 5 rings (SSSR count). The number of rotatable bonds is 8. The molecule has 10 unspecified atom stereocenters. The van der Waals surface area contributed by atoms with Gasteiger partial charge >= 0.3 is 0 Å². The molecule has 19 heteroatoms. The fourth-order valence-electron chi connectivity index (χ4n) is 6.49. The predicted molar refractivity (Wildman–Crippen MR) is 144 cm³/mol. The van der Waals surface area contributed by atoms with Crippen LogP contribution in [0.2, 0.25) is 0 Å². The first-order valence-electron chi connectivity index (χ1n) is 14.8. The molecule has 0 bridgehead atoms. The number of aliphatic hydroxyl groups is 7. The van der Waals surface area contributed by atoms with Crippen LogP contribution in [-0.4, -0.2) is 178 Å². The molecule has 5 aliphatic rings. The van der Waals surface area contributed by atoms with Gasteiger partial charge in [0, 0.05) is 25.2 Å². The standard InChI is InChI=1S/C25H47N5O14/c26-4-9-14(34)15(35)11(29)23(39-9)43-20-10(5-31)40-25(17(20)37)44-22-13(33)6(27)3-7(28)18(22)41-24-12(30)16(36)21-19(42-24)8(32)1-2-38-21/h6-25,31-37H,1-5,26-30H2/t6-,7?,8?,9?,10-,11?,12?,13?,14-,15?,16?,17+,18-,19?,20+,21+,22?,23-,24+,25+/m1/s1. The van der Waals surface area contributed by atoms with Crippen molar-refractivity contribution in [1.82, 2.24) is 0 Å². The first-order chi connectivity index (χ1) is 20.9. The first-order valence-corrected chi connectivity index (χ1v) is 14.8. The second kappa shape index (κ2) is 14.2. The van der Waals surface area contributed by atoms with E-state index in [0.29, 0.717) is 0 Å². The third-order valence-corrected chi connectivity index (χ3v) is 9.15. The molecule has 19 nitrogen and oxygen atoms in total. The van der Waals surface area contributed by atoms with Crippen molar-refractivity contribution in [2.24, 2.45) is 28.7 Å². The molecule has 17 N–H and O–H groups in total. The molecule has 1 saturated carbocycles. The minimum absolute atomic E-state index is 0.0977. The maximum atomic E-state index is 11.2. The minimum atomic E-state index is -1.60. The molecule has 4 aliphatic heterocycles. The van der Waals surface area contributed by atoms with E-state index in [1.165, 1.54) is 0 Å². The van der Waals surface area contributed by atoms with Crippen LogP contribution in [0.1, 0.15) is 12.8 Å². The molecule has 1 aliphatic carbocycles. The van der Waals surface area contributed by atoms with E-state index in [9.17, 15) is 35.7 Å². The third-order valence-electron chi connectivity index (χ3n) is 9.15. The zero-order valence-corrected chi connectivity index (χ0v) is 24.0. The van der Waals surface area contributed by atoms with Gasteiger partial charge in [0.05, 0.1) is 30.9 Å². The van der Waals surface area contributed by atoms with Crippen molar-refractivity contribution < 1.29 is 68.9 Å². The fraction of sp³-hybridized carbons (Fsp3) is 1.00.